The lowest BCUT2D eigenvalue weighted by atomic mass is 9.75. The predicted octanol–water partition coefficient (Wildman–Crippen LogP) is 2.36. The van der Waals surface area contributed by atoms with Crippen molar-refractivity contribution in [2.45, 2.75) is 128 Å². The largest absolute Gasteiger partial charge is 0.497 e. The number of Topliss-reactive ketones (excluding diaryl/α,β-unsaturated/α-hetero) is 1. The molecule has 2 fully saturated rings. The van der Waals surface area contributed by atoms with E-state index in [9.17, 15) is 30.0 Å². The van der Waals surface area contributed by atoms with Gasteiger partial charge in [0.1, 0.15) is 41.7 Å². The fourth-order valence-corrected chi connectivity index (χ4v) is 7.11. The van der Waals surface area contributed by atoms with Crippen LogP contribution >= 0.6 is 0 Å². The van der Waals surface area contributed by atoms with Gasteiger partial charge in [0.15, 0.2) is 12.1 Å². The number of carbonyl (C=O) groups is 2. The van der Waals surface area contributed by atoms with Crippen molar-refractivity contribution < 1.29 is 53.7 Å². The number of aliphatic hydroxyl groups is 4. The van der Waals surface area contributed by atoms with Crippen LogP contribution in [-0.4, -0.2) is 137 Å². The van der Waals surface area contributed by atoms with Crippen LogP contribution < -0.4 is 4.74 Å². The Balaban J connectivity index is 2.17. The molecule has 1 aromatic carbocycles. The second-order valence-corrected chi connectivity index (χ2v) is 14.7. The maximum atomic E-state index is 14.1. The third-order valence-electron chi connectivity index (χ3n) is 10.5. The zero-order chi connectivity index (χ0) is 38.4. The molecule has 0 aliphatic carbocycles. The number of rotatable bonds is 8. The highest BCUT2D eigenvalue weighted by molar-refractivity contribution is 6.00. The minimum absolute atomic E-state index is 0.00427. The molecule has 0 amide bonds. The SMILES string of the molecule is CC[C@H]1OC(=O)[C@H](C)C(=O)[C@H](C)C(O[C@@H]2O[C@H](C)C[C@H](N(C)C)[C@H]2O)[C@](C)(OC)C[C@@H](C)/C(=N/N=C\c2ccc(OC)cc2)[C@H](O)[C@@H](O)[C@]1(C)O. The molecule has 0 aromatic heterocycles. The molecule has 14 heteroatoms. The second kappa shape index (κ2) is 17.8. The van der Waals surface area contributed by atoms with Crippen molar-refractivity contribution >= 4 is 23.7 Å². The Kier molecular flexibility index (Phi) is 14.9. The first-order chi connectivity index (χ1) is 23.8. The molecule has 2 aliphatic heterocycles. The molecule has 0 bridgehead atoms. The molecule has 2 heterocycles. The standard InChI is InChI=1S/C37H59N3O11/c1-12-27-37(7,46)32(44)31(43)28(39-38-19-24-13-15-25(47-10)16-14-24)20(2)18-36(6,48-11)33(22(4)29(41)23(5)34(45)50-27)51-35-30(42)26(40(8)9)17-21(3)49-35/h13-16,19-23,26-27,30-33,35,42-44,46H,12,17-18H2,1-11H3/b38-19-,39-28-/t20-,21-,22+,23-,26+,27-,30-,31+,32-,33?,35+,36-,37-/m1/s1. The summed E-state index contributed by atoms with van der Waals surface area (Å²) in [7, 11) is 6.71. The third-order valence-corrected chi connectivity index (χ3v) is 10.5. The second-order valence-electron chi connectivity index (χ2n) is 14.7. The number of hydrogen-bond acceptors (Lipinski definition) is 14. The summed E-state index contributed by atoms with van der Waals surface area (Å²) in [4.78, 5) is 29.4. The van der Waals surface area contributed by atoms with Gasteiger partial charge in [0.05, 0.1) is 36.8 Å². The van der Waals surface area contributed by atoms with Crippen LogP contribution in [0.1, 0.15) is 73.3 Å². The molecule has 13 atom stereocenters. The summed E-state index contributed by atoms with van der Waals surface area (Å²) in [6, 6.07) is 6.73. The fourth-order valence-electron chi connectivity index (χ4n) is 7.11. The number of benzene rings is 1. The number of esters is 1. The quantitative estimate of drug-likeness (QED) is 0.133. The molecule has 14 nitrogen and oxygen atoms in total. The molecule has 0 radical (unpaired) electrons. The number of aliphatic hydroxyl groups excluding tert-OH is 3. The van der Waals surface area contributed by atoms with Gasteiger partial charge >= 0.3 is 5.97 Å². The highest BCUT2D eigenvalue weighted by Crippen LogP contribution is 2.38. The molecule has 0 spiro atoms. The average molecular weight is 722 g/mol. The van der Waals surface area contributed by atoms with E-state index in [1.807, 2.05) is 25.9 Å². The van der Waals surface area contributed by atoms with Crippen molar-refractivity contribution in [2.24, 2.45) is 28.0 Å². The third kappa shape index (κ3) is 9.79. The molecule has 51 heavy (non-hydrogen) atoms. The minimum Gasteiger partial charge on any atom is -0.497 e. The summed E-state index contributed by atoms with van der Waals surface area (Å²) in [5.41, 5.74) is -2.82. The molecule has 288 valence electrons. The Morgan fingerprint density at radius 3 is 2.22 bits per heavy atom. The van der Waals surface area contributed by atoms with E-state index in [1.54, 1.807) is 59.1 Å². The first-order valence-corrected chi connectivity index (χ1v) is 17.6. The maximum Gasteiger partial charge on any atom is 0.316 e. The van der Waals surface area contributed by atoms with Gasteiger partial charge in [0.2, 0.25) is 0 Å². The molecule has 2 saturated heterocycles. The van der Waals surface area contributed by atoms with Crippen LogP contribution in [0.2, 0.25) is 0 Å². The number of cyclic esters (lactones) is 1. The number of nitrogens with zero attached hydrogens (tertiary/aromatic N) is 3. The van der Waals surface area contributed by atoms with Crippen LogP contribution in [0.4, 0.5) is 0 Å². The Bertz CT molecular complexity index is 1370. The normalized spacial score (nSPS) is 40.0. The van der Waals surface area contributed by atoms with E-state index in [0.29, 0.717) is 17.7 Å². The average Bonchev–Trinajstić information content (AvgIpc) is 3.10. The van der Waals surface area contributed by atoms with Crippen molar-refractivity contribution in [3.8, 4) is 5.75 Å². The summed E-state index contributed by atoms with van der Waals surface area (Å²) in [6.45, 7) is 11.3. The van der Waals surface area contributed by atoms with Gasteiger partial charge in [-0.05, 0) is 90.9 Å². The summed E-state index contributed by atoms with van der Waals surface area (Å²) < 4.78 is 29.7. The predicted molar refractivity (Wildman–Crippen MR) is 191 cm³/mol. The Morgan fingerprint density at radius 2 is 1.67 bits per heavy atom. The van der Waals surface area contributed by atoms with Gasteiger partial charge in [-0.3, -0.25) is 9.59 Å². The maximum absolute atomic E-state index is 14.1. The van der Waals surface area contributed by atoms with Gasteiger partial charge in [0.25, 0.3) is 0 Å². The van der Waals surface area contributed by atoms with Crippen LogP contribution in [0, 0.1) is 17.8 Å². The van der Waals surface area contributed by atoms with Crippen molar-refractivity contribution in [3.63, 3.8) is 0 Å². The molecule has 4 N–H and O–H groups in total. The van der Waals surface area contributed by atoms with Crippen molar-refractivity contribution in [1.29, 1.82) is 0 Å². The van der Waals surface area contributed by atoms with E-state index in [4.69, 9.17) is 23.7 Å². The molecule has 1 aromatic rings. The molecule has 2 aliphatic rings. The number of ether oxygens (including phenoxy) is 5. The van der Waals surface area contributed by atoms with Gasteiger partial charge in [-0.15, -0.1) is 0 Å². The first kappa shape index (κ1) is 42.6. The van der Waals surface area contributed by atoms with Gasteiger partial charge in [-0.2, -0.15) is 10.2 Å². The molecule has 0 saturated carbocycles. The van der Waals surface area contributed by atoms with E-state index >= 15 is 0 Å². The summed E-state index contributed by atoms with van der Waals surface area (Å²) in [6.07, 6.45) is -6.45. The highest BCUT2D eigenvalue weighted by atomic mass is 16.7. The lowest BCUT2D eigenvalue weighted by Gasteiger charge is -2.47. The van der Waals surface area contributed by atoms with Gasteiger partial charge in [-0.1, -0.05) is 20.8 Å². The monoisotopic (exact) mass is 721 g/mol. The van der Waals surface area contributed by atoms with Crippen LogP contribution in [0.5, 0.6) is 5.75 Å². The summed E-state index contributed by atoms with van der Waals surface area (Å²) in [5.74, 6) is -3.78. The number of carbonyl (C=O) groups excluding carboxylic acids is 2. The van der Waals surface area contributed by atoms with Crippen LogP contribution in [0.25, 0.3) is 0 Å². The Morgan fingerprint density at radius 1 is 1.04 bits per heavy atom. The number of likely N-dealkylation sites (N-methyl/N-ethyl adjacent to an activating group) is 1. The van der Waals surface area contributed by atoms with Crippen molar-refractivity contribution in [3.05, 3.63) is 29.8 Å². The van der Waals surface area contributed by atoms with Crippen LogP contribution in [0.3, 0.4) is 0 Å². The summed E-state index contributed by atoms with van der Waals surface area (Å²) in [5, 5.41) is 54.7. The highest BCUT2D eigenvalue weighted by Gasteiger charge is 2.52. The molecular weight excluding hydrogens is 662 g/mol. The minimum atomic E-state index is -2.16. The van der Waals surface area contributed by atoms with Crippen molar-refractivity contribution in [2.75, 3.05) is 28.3 Å². The Hall–Kier alpha value is -2.82. The van der Waals surface area contributed by atoms with E-state index in [1.165, 1.54) is 27.2 Å². The van der Waals surface area contributed by atoms with Crippen LogP contribution in [-0.2, 0) is 28.5 Å². The summed E-state index contributed by atoms with van der Waals surface area (Å²) >= 11 is 0. The lowest BCUT2D eigenvalue weighted by molar-refractivity contribution is -0.295. The number of hydrogen-bond donors (Lipinski definition) is 4. The molecule has 3 rings (SSSR count). The van der Waals surface area contributed by atoms with Gasteiger partial charge in [-0.25, -0.2) is 0 Å². The zero-order valence-corrected chi connectivity index (χ0v) is 31.8. The van der Waals surface area contributed by atoms with E-state index in [2.05, 4.69) is 10.2 Å². The number of ketones is 1. The molecule has 1 unspecified atom stereocenters. The van der Waals surface area contributed by atoms with Gasteiger partial charge in [0, 0.05) is 25.0 Å². The topological polar surface area (TPSA) is 189 Å². The Labute approximate surface area is 301 Å². The lowest BCUT2D eigenvalue weighted by Crippen LogP contribution is -2.60. The zero-order valence-electron chi connectivity index (χ0n) is 31.8. The van der Waals surface area contributed by atoms with Crippen molar-refractivity contribution in [1.82, 2.24) is 4.90 Å². The number of methoxy groups -OCH3 is 2. The van der Waals surface area contributed by atoms with Crippen LogP contribution in [0.15, 0.2) is 34.5 Å². The van der Waals surface area contributed by atoms with Gasteiger partial charge < -0.3 is 49.0 Å². The molecular formula is C37H59N3O11. The van der Waals surface area contributed by atoms with E-state index < -0.39 is 77.5 Å². The smallest absolute Gasteiger partial charge is 0.316 e. The fraction of sp³-hybridized carbons (Fsp3) is 0.730. The first-order valence-electron chi connectivity index (χ1n) is 17.6. The van der Waals surface area contributed by atoms with E-state index in [-0.39, 0.29) is 30.7 Å². The van der Waals surface area contributed by atoms with E-state index in [0.717, 1.165) is 0 Å².